The van der Waals surface area contributed by atoms with E-state index in [1.807, 2.05) is 30.5 Å². The Bertz CT molecular complexity index is 549. The van der Waals surface area contributed by atoms with Gasteiger partial charge in [0, 0.05) is 24.6 Å². The van der Waals surface area contributed by atoms with Crippen molar-refractivity contribution in [1.82, 2.24) is 19.7 Å². The highest BCUT2D eigenvalue weighted by Gasteiger charge is 2.11. The molecule has 0 amide bonds. The van der Waals surface area contributed by atoms with Crippen molar-refractivity contribution >= 4 is 12.2 Å². The first-order valence-electron chi connectivity index (χ1n) is 5.89. The molecule has 0 aromatic carbocycles. The highest BCUT2D eigenvalue weighted by molar-refractivity contribution is 7.71. The Labute approximate surface area is 111 Å². The summed E-state index contributed by atoms with van der Waals surface area (Å²) in [4.78, 5) is 4.00. The molecular weight excluding hydrogens is 248 g/mol. The monoisotopic (exact) mass is 264 g/mol. The second-order valence-corrected chi connectivity index (χ2v) is 4.35. The zero-order valence-corrected chi connectivity index (χ0v) is 11.3. The molecule has 6 heteroatoms. The summed E-state index contributed by atoms with van der Waals surface area (Å²) < 4.78 is 8.09. The molecule has 1 atom stereocenters. The molecule has 0 aliphatic carbocycles. The van der Waals surface area contributed by atoms with E-state index in [0.717, 1.165) is 11.4 Å². The lowest BCUT2D eigenvalue weighted by Gasteiger charge is -2.13. The molecule has 18 heavy (non-hydrogen) atoms. The lowest BCUT2D eigenvalue weighted by molar-refractivity contribution is 0.0640. The van der Waals surface area contributed by atoms with Crippen molar-refractivity contribution in [3.8, 4) is 11.4 Å². The van der Waals surface area contributed by atoms with Crippen LogP contribution in [0.15, 0.2) is 24.5 Å². The highest BCUT2D eigenvalue weighted by Crippen LogP contribution is 2.16. The van der Waals surface area contributed by atoms with Crippen molar-refractivity contribution in [2.45, 2.75) is 26.5 Å². The smallest absolute Gasteiger partial charge is 0.195 e. The number of aromatic nitrogens is 4. The summed E-state index contributed by atoms with van der Waals surface area (Å²) in [5.41, 5.74) is 0.987. The predicted octanol–water partition coefficient (Wildman–Crippen LogP) is 2.43. The van der Waals surface area contributed by atoms with Gasteiger partial charge in [0.05, 0.1) is 12.6 Å². The minimum absolute atomic E-state index is 0.0971. The first kappa shape index (κ1) is 12.9. The van der Waals surface area contributed by atoms with Crippen LogP contribution < -0.4 is 0 Å². The van der Waals surface area contributed by atoms with Crippen LogP contribution >= 0.6 is 12.2 Å². The molecule has 1 N–H and O–H groups in total. The molecule has 0 fully saturated rings. The summed E-state index contributed by atoms with van der Waals surface area (Å²) in [5, 5.41) is 7.08. The van der Waals surface area contributed by atoms with Crippen molar-refractivity contribution < 1.29 is 4.74 Å². The van der Waals surface area contributed by atoms with Crippen LogP contribution in [0.1, 0.15) is 13.8 Å². The largest absolute Gasteiger partial charge is 0.377 e. The molecular formula is C12H16N4OS. The van der Waals surface area contributed by atoms with Crippen LogP contribution in [0.3, 0.4) is 0 Å². The average Bonchev–Trinajstić information content (AvgIpc) is 2.73. The Balaban J connectivity index is 2.31. The summed E-state index contributed by atoms with van der Waals surface area (Å²) in [5.74, 6) is 0.814. The van der Waals surface area contributed by atoms with Gasteiger partial charge < -0.3 is 4.74 Å². The van der Waals surface area contributed by atoms with Crippen molar-refractivity contribution in [2.75, 3.05) is 6.61 Å². The van der Waals surface area contributed by atoms with Gasteiger partial charge in [0.1, 0.15) is 0 Å². The number of ether oxygens (including phenoxy) is 1. The Hall–Kier alpha value is -1.53. The van der Waals surface area contributed by atoms with Gasteiger partial charge in [-0.2, -0.15) is 5.10 Å². The Morgan fingerprint density at radius 2 is 2.17 bits per heavy atom. The fourth-order valence-corrected chi connectivity index (χ4v) is 2.01. The molecule has 2 aromatic heterocycles. The number of nitrogens with zero attached hydrogens (tertiary/aromatic N) is 3. The maximum Gasteiger partial charge on any atom is 0.195 e. The van der Waals surface area contributed by atoms with Gasteiger partial charge in [-0.1, -0.05) is 0 Å². The zero-order chi connectivity index (χ0) is 13.0. The topological polar surface area (TPSA) is 55.7 Å². The van der Waals surface area contributed by atoms with Crippen LogP contribution in [0.5, 0.6) is 0 Å². The van der Waals surface area contributed by atoms with Crippen molar-refractivity contribution in [2.24, 2.45) is 0 Å². The van der Waals surface area contributed by atoms with E-state index in [-0.39, 0.29) is 6.10 Å². The zero-order valence-electron chi connectivity index (χ0n) is 10.5. The van der Waals surface area contributed by atoms with Crippen LogP contribution in [0.2, 0.25) is 0 Å². The maximum atomic E-state index is 5.54. The summed E-state index contributed by atoms with van der Waals surface area (Å²) in [7, 11) is 0. The van der Waals surface area contributed by atoms with E-state index in [1.165, 1.54) is 0 Å². The third-order valence-corrected chi connectivity index (χ3v) is 2.90. The summed E-state index contributed by atoms with van der Waals surface area (Å²) in [6, 6.07) is 3.82. The van der Waals surface area contributed by atoms with Crippen LogP contribution in [-0.2, 0) is 11.3 Å². The van der Waals surface area contributed by atoms with E-state index in [1.54, 1.807) is 12.4 Å². The SMILES string of the molecule is CCOC(C)Cn1c(-c2ccncc2)n[nH]c1=S. The molecule has 2 heterocycles. The van der Waals surface area contributed by atoms with Gasteiger partial charge in [0.25, 0.3) is 0 Å². The molecule has 0 aliphatic rings. The van der Waals surface area contributed by atoms with E-state index in [4.69, 9.17) is 17.0 Å². The van der Waals surface area contributed by atoms with Gasteiger partial charge in [-0.25, -0.2) is 0 Å². The normalized spacial score (nSPS) is 12.6. The minimum atomic E-state index is 0.0971. The number of H-pyrrole nitrogens is 1. The van der Waals surface area contributed by atoms with Gasteiger partial charge in [0.2, 0.25) is 0 Å². The first-order valence-corrected chi connectivity index (χ1v) is 6.30. The quantitative estimate of drug-likeness (QED) is 0.843. The molecule has 1 unspecified atom stereocenters. The molecule has 2 aromatic rings. The summed E-state index contributed by atoms with van der Waals surface area (Å²) in [6.07, 6.45) is 3.58. The number of rotatable bonds is 5. The van der Waals surface area contributed by atoms with Crippen molar-refractivity contribution in [3.05, 3.63) is 29.3 Å². The lowest BCUT2D eigenvalue weighted by atomic mass is 10.2. The highest BCUT2D eigenvalue weighted by atomic mass is 32.1. The fourth-order valence-electron chi connectivity index (χ4n) is 1.80. The second kappa shape index (κ2) is 5.88. The Morgan fingerprint density at radius 3 is 2.83 bits per heavy atom. The second-order valence-electron chi connectivity index (χ2n) is 3.96. The van der Waals surface area contributed by atoms with Gasteiger partial charge in [0.15, 0.2) is 10.6 Å². The van der Waals surface area contributed by atoms with Gasteiger partial charge >= 0.3 is 0 Å². The molecule has 0 aliphatic heterocycles. The van der Waals surface area contributed by atoms with E-state index in [2.05, 4.69) is 15.2 Å². The summed E-state index contributed by atoms with van der Waals surface area (Å²) in [6.45, 7) is 5.38. The van der Waals surface area contributed by atoms with E-state index < -0.39 is 0 Å². The van der Waals surface area contributed by atoms with Crippen LogP contribution in [-0.4, -0.2) is 32.5 Å². The van der Waals surface area contributed by atoms with Crippen molar-refractivity contribution in [3.63, 3.8) is 0 Å². The predicted molar refractivity (Wildman–Crippen MR) is 71.7 cm³/mol. The Kier molecular flexibility index (Phi) is 4.22. The van der Waals surface area contributed by atoms with Crippen LogP contribution in [0, 0.1) is 4.77 Å². The van der Waals surface area contributed by atoms with E-state index in [0.29, 0.717) is 17.9 Å². The number of nitrogens with one attached hydrogen (secondary N) is 1. The standard InChI is InChI=1S/C12H16N4OS/c1-3-17-9(2)8-16-11(14-15-12(16)18)10-4-6-13-7-5-10/h4-7,9H,3,8H2,1-2H3,(H,15,18). The third-order valence-electron chi connectivity index (χ3n) is 2.59. The van der Waals surface area contributed by atoms with E-state index >= 15 is 0 Å². The van der Waals surface area contributed by atoms with Crippen LogP contribution in [0.4, 0.5) is 0 Å². The maximum absolute atomic E-state index is 5.54. The fraction of sp³-hybridized carbons (Fsp3) is 0.417. The molecule has 5 nitrogen and oxygen atoms in total. The van der Waals surface area contributed by atoms with Gasteiger partial charge in [-0.15, -0.1) is 0 Å². The number of hydrogen-bond donors (Lipinski definition) is 1. The Morgan fingerprint density at radius 1 is 1.44 bits per heavy atom. The average molecular weight is 264 g/mol. The molecule has 0 saturated carbocycles. The number of aromatic amines is 1. The van der Waals surface area contributed by atoms with Crippen LogP contribution in [0.25, 0.3) is 11.4 Å². The van der Waals surface area contributed by atoms with Gasteiger partial charge in [-0.3, -0.25) is 14.6 Å². The molecule has 2 rings (SSSR count). The lowest BCUT2D eigenvalue weighted by Crippen LogP contribution is -2.17. The molecule has 0 radical (unpaired) electrons. The number of hydrogen-bond acceptors (Lipinski definition) is 4. The minimum Gasteiger partial charge on any atom is -0.377 e. The third kappa shape index (κ3) is 2.83. The first-order chi connectivity index (χ1) is 8.72. The van der Waals surface area contributed by atoms with Crippen molar-refractivity contribution in [1.29, 1.82) is 0 Å². The number of pyridine rings is 1. The molecule has 0 spiro atoms. The van der Waals surface area contributed by atoms with Gasteiger partial charge in [-0.05, 0) is 38.2 Å². The summed E-state index contributed by atoms with van der Waals surface area (Å²) >= 11 is 5.25. The molecule has 0 bridgehead atoms. The molecule has 0 saturated heterocycles. The van der Waals surface area contributed by atoms with E-state index in [9.17, 15) is 0 Å². The molecule has 96 valence electrons.